The molecular formula is C21H26BrN5O3. The molecule has 2 heterocycles. The smallest absolute Gasteiger partial charge is 0.325 e. The molecule has 2 aromatic heterocycles. The van der Waals surface area contributed by atoms with Crippen molar-refractivity contribution in [2.45, 2.75) is 59.2 Å². The van der Waals surface area contributed by atoms with Crippen LogP contribution >= 0.6 is 15.9 Å². The van der Waals surface area contributed by atoms with E-state index in [0.29, 0.717) is 29.9 Å². The zero-order valence-electron chi connectivity index (χ0n) is 17.2. The van der Waals surface area contributed by atoms with Gasteiger partial charge in [-0.15, -0.1) is 0 Å². The van der Waals surface area contributed by atoms with Crippen LogP contribution in [0.3, 0.4) is 0 Å². The van der Waals surface area contributed by atoms with Gasteiger partial charge in [-0.05, 0) is 37.1 Å². The Labute approximate surface area is 182 Å². The van der Waals surface area contributed by atoms with Gasteiger partial charge in [0.1, 0.15) is 6.54 Å². The van der Waals surface area contributed by atoms with Gasteiger partial charge in [0.2, 0.25) is 5.91 Å². The number of rotatable bonds is 9. The molecule has 0 saturated heterocycles. The number of aryl methyl sites for hydroxylation is 2. The number of carbonyl (C=O) groups is 1. The van der Waals surface area contributed by atoms with Crippen LogP contribution in [0, 0.1) is 0 Å². The lowest BCUT2D eigenvalue weighted by atomic mass is 10.3. The molecule has 0 aliphatic rings. The van der Waals surface area contributed by atoms with Gasteiger partial charge in [-0.1, -0.05) is 42.6 Å². The maximum atomic E-state index is 13.2. The van der Waals surface area contributed by atoms with E-state index in [-0.39, 0.29) is 6.54 Å². The number of anilines is 1. The van der Waals surface area contributed by atoms with Gasteiger partial charge in [0.15, 0.2) is 11.2 Å². The van der Waals surface area contributed by atoms with Crippen molar-refractivity contribution in [2.24, 2.45) is 0 Å². The van der Waals surface area contributed by atoms with Crippen LogP contribution in [0.15, 0.2) is 44.7 Å². The monoisotopic (exact) mass is 475 g/mol. The average molecular weight is 476 g/mol. The van der Waals surface area contributed by atoms with E-state index >= 15 is 0 Å². The quantitative estimate of drug-likeness (QED) is 0.513. The summed E-state index contributed by atoms with van der Waals surface area (Å²) in [6.45, 7) is 4.84. The Bertz CT molecular complexity index is 1140. The summed E-state index contributed by atoms with van der Waals surface area (Å²) in [7, 11) is 0. The predicted molar refractivity (Wildman–Crippen MR) is 121 cm³/mol. The second kappa shape index (κ2) is 9.88. The molecular weight excluding hydrogens is 450 g/mol. The van der Waals surface area contributed by atoms with Gasteiger partial charge >= 0.3 is 5.69 Å². The third kappa shape index (κ3) is 4.72. The first-order valence-corrected chi connectivity index (χ1v) is 11.0. The number of unbranched alkanes of at least 4 members (excludes halogenated alkanes) is 2. The summed E-state index contributed by atoms with van der Waals surface area (Å²) < 4.78 is 5.19. The van der Waals surface area contributed by atoms with Gasteiger partial charge in [0.05, 0.1) is 6.33 Å². The number of hydrogen-bond acceptors (Lipinski definition) is 4. The third-order valence-electron chi connectivity index (χ3n) is 4.90. The molecule has 3 aromatic rings. The number of nitrogens with one attached hydrogen (secondary N) is 1. The minimum absolute atomic E-state index is 0.352. The number of hydrogen-bond donors (Lipinski definition) is 1. The van der Waals surface area contributed by atoms with Gasteiger partial charge in [0.25, 0.3) is 5.56 Å². The predicted octanol–water partition coefficient (Wildman–Crippen LogP) is 3.36. The minimum atomic E-state index is -0.507. The van der Waals surface area contributed by atoms with Gasteiger partial charge in [-0.2, -0.15) is 0 Å². The van der Waals surface area contributed by atoms with Gasteiger partial charge in [0, 0.05) is 23.2 Å². The fourth-order valence-electron chi connectivity index (χ4n) is 3.27. The lowest BCUT2D eigenvalue weighted by Gasteiger charge is -2.12. The summed E-state index contributed by atoms with van der Waals surface area (Å²) >= 11 is 3.35. The molecule has 0 saturated carbocycles. The first-order chi connectivity index (χ1) is 14.5. The lowest BCUT2D eigenvalue weighted by Crippen LogP contribution is -2.43. The van der Waals surface area contributed by atoms with Gasteiger partial charge < -0.3 is 9.88 Å². The second-order valence-electron chi connectivity index (χ2n) is 7.20. The second-order valence-corrected chi connectivity index (χ2v) is 8.11. The topological polar surface area (TPSA) is 90.9 Å². The molecule has 30 heavy (non-hydrogen) atoms. The molecule has 9 heteroatoms. The molecule has 8 nitrogen and oxygen atoms in total. The summed E-state index contributed by atoms with van der Waals surface area (Å²) in [6, 6.07) is 7.09. The SMILES string of the molecule is CCCCn1cnc2c1c(=O)n(CC(=O)Nc1ccc(Br)cc1)c(=O)n2CCCC. The third-order valence-corrected chi connectivity index (χ3v) is 5.43. The van der Waals surface area contributed by atoms with Crippen molar-refractivity contribution in [2.75, 3.05) is 5.32 Å². The zero-order chi connectivity index (χ0) is 21.7. The number of halogens is 1. The van der Waals surface area contributed by atoms with E-state index in [9.17, 15) is 14.4 Å². The van der Waals surface area contributed by atoms with Crippen LogP contribution in [-0.4, -0.2) is 24.6 Å². The molecule has 0 aliphatic carbocycles. The highest BCUT2D eigenvalue weighted by Gasteiger charge is 2.19. The summed E-state index contributed by atoms with van der Waals surface area (Å²) in [5.41, 5.74) is 0.362. The molecule has 0 spiro atoms. The molecule has 0 aliphatic heterocycles. The van der Waals surface area contributed by atoms with E-state index in [2.05, 4.69) is 33.2 Å². The molecule has 0 fully saturated rings. The Morgan fingerprint density at radius 3 is 2.37 bits per heavy atom. The van der Waals surface area contributed by atoms with Crippen LogP contribution < -0.4 is 16.6 Å². The average Bonchev–Trinajstić information content (AvgIpc) is 3.15. The maximum absolute atomic E-state index is 13.2. The number of carbonyl (C=O) groups excluding carboxylic acids is 1. The minimum Gasteiger partial charge on any atom is -0.325 e. The van der Waals surface area contributed by atoms with Gasteiger partial charge in [-0.3, -0.25) is 14.2 Å². The van der Waals surface area contributed by atoms with E-state index < -0.39 is 17.2 Å². The van der Waals surface area contributed by atoms with Crippen molar-refractivity contribution in [3.63, 3.8) is 0 Å². The summed E-state index contributed by atoms with van der Waals surface area (Å²) in [5.74, 6) is -0.433. The van der Waals surface area contributed by atoms with E-state index in [1.165, 1.54) is 4.57 Å². The molecule has 0 radical (unpaired) electrons. The summed E-state index contributed by atoms with van der Waals surface area (Å²) in [5, 5.41) is 2.74. The van der Waals surface area contributed by atoms with E-state index in [0.717, 1.165) is 34.7 Å². The normalized spacial score (nSPS) is 11.2. The molecule has 1 aromatic carbocycles. The van der Waals surface area contributed by atoms with Crippen LogP contribution in [0.1, 0.15) is 39.5 Å². The van der Waals surface area contributed by atoms with Crippen LogP contribution in [0.4, 0.5) is 5.69 Å². The highest BCUT2D eigenvalue weighted by molar-refractivity contribution is 9.10. The fraction of sp³-hybridized carbons (Fsp3) is 0.429. The van der Waals surface area contributed by atoms with E-state index in [4.69, 9.17) is 0 Å². The van der Waals surface area contributed by atoms with Crippen LogP contribution in [-0.2, 0) is 24.4 Å². The number of aromatic nitrogens is 4. The summed E-state index contributed by atoms with van der Waals surface area (Å²) in [6.07, 6.45) is 5.14. The van der Waals surface area contributed by atoms with E-state index in [1.54, 1.807) is 35.2 Å². The molecule has 160 valence electrons. The largest absolute Gasteiger partial charge is 0.333 e. The number of benzene rings is 1. The zero-order valence-corrected chi connectivity index (χ0v) is 18.8. The lowest BCUT2D eigenvalue weighted by molar-refractivity contribution is -0.116. The fourth-order valence-corrected chi connectivity index (χ4v) is 3.54. The van der Waals surface area contributed by atoms with Crippen molar-refractivity contribution < 1.29 is 4.79 Å². The number of fused-ring (bicyclic) bond motifs is 1. The van der Waals surface area contributed by atoms with Crippen molar-refractivity contribution in [3.05, 3.63) is 55.9 Å². The molecule has 3 rings (SSSR count). The van der Waals surface area contributed by atoms with Crippen LogP contribution in [0.5, 0.6) is 0 Å². The Morgan fingerprint density at radius 1 is 1.03 bits per heavy atom. The first-order valence-electron chi connectivity index (χ1n) is 10.2. The Balaban J connectivity index is 2.01. The van der Waals surface area contributed by atoms with Crippen molar-refractivity contribution in [1.82, 2.24) is 18.7 Å². The van der Waals surface area contributed by atoms with Crippen molar-refractivity contribution >= 4 is 38.7 Å². The molecule has 0 unspecified atom stereocenters. The molecule has 0 bridgehead atoms. The number of amides is 1. The van der Waals surface area contributed by atoms with Crippen molar-refractivity contribution in [1.29, 1.82) is 0 Å². The highest BCUT2D eigenvalue weighted by Crippen LogP contribution is 2.14. The van der Waals surface area contributed by atoms with Crippen LogP contribution in [0.25, 0.3) is 11.2 Å². The molecule has 0 atom stereocenters. The van der Waals surface area contributed by atoms with Gasteiger partial charge in [-0.25, -0.2) is 14.3 Å². The Hall–Kier alpha value is -2.68. The maximum Gasteiger partial charge on any atom is 0.333 e. The Morgan fingerprint density at radius 2 is 1.70 bits per heavy atom. The Kier molecular flexibility index (Phi) is 7.25. The number of nitrogens with zero attached hydrogens (tertiary/aromatic N) is 4. The van der Waals surface area contributed by atoms with E-state index in [1.807, 2.05) is 6.92 Å². The van der Waals surface area contributed by atoms with Crippen molar-refractivity contribution in [3.8, 4) is 0 Å². The standard InChI is InChI=1S/C21H26BrN5O3/c1-3-5-11-25-14-23-19-18(25)20(29)27(21(30)26(19)12-6-4-2)13-17(28)24-16-9-7-15(22)8-10-16/h7-10,14H,3-6,11-13H2,1-2H3,(H,24,28). The molecule has 1 N–H and O–H groups in total. The summed E-state index contributed by atoms with van der Waals surface area (Å²) in [4.78, 5) is 43.1. The number of imidazole rings is 1. The first kappa shape index (κ1) is 22.0. The highest BCUT2D eigenvalue weighted by atomic mass is 79.9. The van der Waals surface area contributed by atoms with Crippen LogP contribution in [0.2, 0.25) is 0 Å². The molecule has 1 amide bonds.